The summed E-state index contributed by atoms with van der Waals surface area (Å²) in [7, 11) is 0. The van der Waals surface area contributed by atoms with Crippen molar-refractivity contribution in [2.24, 2.45) is 0 Å². The fraction of sp³-hybridized carbons (Fsp3) is 0.312. The average Bonchev–Trinajstić information content (AvgIpc) is 3.40. The molecular weight excluding hydrogens is 516 g/mol. The first-order chi connectivity index (χ1) is 19.7. The molecule has 0 atom stereocenters. The van der Waals surface area contributed by atoms with Crippen LogP contribution in [0.2, 0.25) is 0 Å². The third kappa shape index (κ3) is 5.94. The van der Waals surface area contributed by atoms with Crippen molar-refractivity contribution >= 4 is 28.3 Å². The fourth-order valence-electron chi connectivity index (χ4n) is 4.92. The molecule has 41 heavy (non-hydrogen) atoms. The van der Waals surface area contributed by atoms with E-state index in [4.69, 9.17) is 9.72 Å². The van der Waals surface area contributed by atoms with E-state index in [9.17, 15) is 9.90 Å². The Kier molecular flexibility index (Phi) is 7.79. The number of aromatic hydroxyl groups is 1. The molecule has 1 saturated heterocycles. The zero-order valence-electron chi connectivity index (χ0n) is 24.2. The molecule has 2 aromatic carbocycles. The van der Waals surface area contributed by atoms with E-state index >= 15 is 0 Å². The third-order valence-corrected chi connectivity index (χ3v) is 6.87. The number of aromatic nitrogens is 4. The largest absolute Gasteiger partial charge is 0.508 e. The van der Waals surface area contributed by atoms with E-state index in [-0.39, 0.29) is 11.8 Å². The van der Waals surface area contributed by atoms with Gasteiger partial charge in [0.1, 0.15) is 11.4 Å². The molecule has 6 rings (SSSR count). The molecule has 0 bridgehead atoms. The number of pyridine rings is 1. The molecule has 1 N–H and O–H groups in total. The van der Waals surface area contributed by atoms with E-state index in [1.54, 1.807) is 27.7 Å². The highest BCUT2D eigenvalue weighted by atomic mass is 16.6. The molecule has 212 valence electrons. The average molecular weight is 553 g/mol. The van der Waals surface area contributed by atoms with Crippen LogP contribution in [0.1, 0.15) is 34.6 Å². The summed E-state index contributed by atoms with van der Waals surface area (Å²) in [6, 6.07) is 15.5. The quantitative estimate of drug-likeness (QED) is 0.277. The Labute approximate surface area is 240 Å². The van der Waals surface area contributed by atoms with Crippen LogP contribution in [-0.4, -0.2) is 67.5 Å². The summed E-state index contributed by atoms with van der Waals surface area (Å²) in [6.45, 7) is 12.4. The first-order valence-corrected chi connectivity index (χ1v) is 14.0. The maximum atomic E-state index is 12.4. The molecular formula is C32H36N6O3. The van der Waals surface area contributed by atoms with Crippen LogP contribution in [0.5, 0.6) is 5.75 Å². The van der Waals surface area contributed by atoms with Crippen LogP contribution in [0.3, 0.4) is 0 Å². The van der Waals surface area contributed by atoms with Gasteiger partial charge >= 0.3 is 6.09 Å². The van der Waals surface area contributed by atoms with Gasteiger partial charge < -0.3 is 19.6 Å². The number of amides is 1. The number of phenols is 1. The van der Waals surface area contributed by atoms with Gasteiger partial charge in [0.05, 0.1) is 11.7 Å². The molecule has 5 aromatic rings. The van der Waals surface area contributed by atoms with Crippen molar-refractivity contribution in [2.75, 3.05) is 31.1 Å². The van der Waals surface area contributed by atoms with Crippen molar-refractivity contribution in [1.82, 2.24) is 24.5 Å². The van der Waals surface area contributed by atoms with Crippen molar-refractivity contribution < 1.29 is 14.6 Å². The summed E-state index contributed by atoms with van der Waals surface area (Å²) in [5, 5.41) is 15.3. The Hall–Kier alpha value is -4.66. The maximum Gasteiger partial charge on any atom is 0.410 e. The molecule has 0 spiro atoms. The summed E-state index contributed by atoms with van der Waals surface area (Å²) in [4.78, 5) is 25.5. The predicted octanol–water partition coefficient (Wildman–Crippen LogP) is 6.40. The number of hydrogen-bond donors (Lipinski definition) is 1. The number of rotatable bonds is 3. The van der Waals surface area contributed by atoms with E-state index < -0.39 is 5.60 Å². The highest BCUT2D eigenvalue weighted by Crippen LogP contribution is 2.32. The number of carbonyl (C=O) groups excluding carboxylic acids is 1. The Morgan fingerprint density at radius 1 is 0.878 bits per heavy atom. The number of ether oxygens (including phenoxy) is 1. The van der Waals surface area contributed by atoms with E-state index in [0.717, 1.165) is 57.6 Å². The smallest absolute Gasteiger partial charge is 0.410 e. The second kappa shape index (κ2) is 11.4. The molecule has 0 aliphatic carbocycles. The normalized spacial score (nSPS) is 13.7. The molecule has 0 unspecified atom stereocenters. The number of hydrogen-bond acceptors (Lipinski definition) is 7. The van der Waals surface area contributed by atoms with Gasteiger partial charge in [0.15, 0.2) is 5.65 Å². The lowest BCUT2D eigenvalue weighted by Crippen LogP contribution is -2.50. The lowest BCUT2D eigenvalue weighted by atomic mass is 10.0. The summed E-state index contributed by atoms with van der Waals surface area (Å²) < 4.78 is 7.30. The molecule has 9 heteroatoms. The van der Waals surface area contributed by atoms with Gasteiger partial charge in [0.25, 0.3) is 0 Å². The monoisotopic (exact) mass is 552 g/mol. The summed E-state index contributed by atoms with van der Waals surface area (Å²) in [6.07, 6.45) is 7.14. The van der Waals surface area contributed by atoms with Gasteiger partial charge in [-0.1, -0.05) is 26.0 Å². The standard InChI is InChI=1S/C30H30N6O3.C2H6/c1-30(2,3)39-29(38)35-14-12-34(13-15-35)22-6-4-20(5-7-22)21-17-32-28-26(18-33-36(28)19-21)24-10-11-31-27-16-23(37)8-9-25(24)27;1-2/h4-11,16-19,37H,12-15H2,1-3H3;1-2H3. The lowest BCUT2D eigenvalue weighted by molar-refractivity contribution is 0.0240. The molecule has 0 saturated carbocycles. The van der Waals surface area contributed by atoms with Gasteiger partial charge in [-0.15, -0.1) is 0 Å². The first kappa shape index (κ1) is 27.9. The number of anilines is 1. The lowest BCUT2D eigenvalue weighted by Gasteiger charge is -2.36. The van der Waals surface area contributed by atoms with Crippen LogP contribution >= 0.6 is 0 Å². The molecule has 3 aromatic heterocycles. The summed E-state index contributed by atoms with van der Waals surface area (Å²) in [5.74, 6) is 0.184. The van der Waals surface area contributed by atoms with E-state index in [1.165, 1.54) is 0 Å². The minimum absolute atomic E-state index is 0.184. The Bertz CT molecular complexity index is 1670. The minimum atomic E-state index is -0.488. The van der Waals surface area contributed by atoms with E-state index in [1.807, 2.05) is 65.3 Å². The van der Waals surface area contributed by atoms with Gasteiger partial charge in [-0.05, 0) is 62.2 Å². The van der Waals surface area contributed by atoms with Gasteiger partial charge in [-0.3, -0.25) is 4.98 Å². The highest BCUT2D eigenvalue weighted by Gasteiger charge is 2.26. The number of phenolic OH excluding ortho intramolecular Hbond substituents is 1. The van der Waals surface area contributed by atoms with Crippen LogP contribution in [0.15, 0.2) is 73.3 Å². The van der Waals surface area contributed by atoms with Crippen molar-refractivity contribution in [3.63, 3.8) is 0 Å². The molecule has 9 nitrogen and oxygen atoms in total. The molecule has 1 aliphatic heterocycles. The molecule has 0 radical (unpaired) electrons. The van der Waals surface area contributed by atoms with Gasteiger partial charge in [-0.25, -0.2) is 14.3 Å². The van der Waals surface area contributed by atoms with Gasteiger partial charge in [-0.2, -0.15) is 5.10 Å². The highest BCUT2D eigenvalue weighted by molar-refractivity contribution is 5.98. The van der Waals surface area contributed by atoms with Crippen LogP contribution in [0.25, 0.3) is 38.8 Å². The van der Waals surface area contributed by atoms with Crippen molar-refractivity contribution in [3.05, 3.63) is 73.3 Å². The molecule has 1 amide bonds. The number of piperazine rings is 1. The van der Waals surface area contributed by atoms with Gasteiger partial charge in [0.2, 0.25) is 0 Å². The fourth-order valence-corrected chi connectivity index (χ4v) is 4.92. The van der Waals surface area contributed by atoms with Gasteiger partial charge in [0, 0.05) is 73.0 Å². The zero-order valence-corrected chi connectivity index (χ0v) is 24.2. The minimum Gasteiger partial charge on any atom is -0.508 e. The summed E-state index contributed by atoms with van der Waals surface area (Å²) in [5.41, 5.74) is 5.97. The molecule has 1 fully saturated rings. The molecule has 4 heterocycles. The molecule has 1 aliphatic rings. The maximum absolute atomic E-state index is 12.4. The van der Waals surface area contributed by atoms with Crippen molar-refractivity contribution in [2.45, 2.75) is 40.2 Å². The summed E-state index contributed by atoms with van der Waals surface area (Å²) >= 11 is 0. The number of carbonyl (C=O) groups is 1. The van der Waals surface area contributed by atoms with Crippen molar-refractivity contribution in [1.29, 1.82) is 0 Å². The predicted molar refractivity (Wildman–Crippen MR) is 162 cm³/mol. The first-order valence-electron chi connectivity index (χ1n) is 14.0. The topological polar surface area (TPSA) is 96.1 Å². The Morgan fingerprint density at radius 2 is 1.61 bits per heavy atom. The second-order valence-corrected chi connectivity index (χ2v) is 10.7. The Balaban J connectivity index is 0.00000165. The third-order valence-electron chi connectivity index (χ3n) is 6.87. The van der Waals surface area contributed by atoms with Crippen LogP contribution in [0, 0.1) is 0 Å². The van der Waals surface area contributed by atoms with Crippen LogP contribution in [0.4, 0.5) is 10.5 Å². The second-order valence-electron chi connectivity index (χ2n) is 10.7. The SMILES string of the molecule is CC.CC(C)(C)OC(=O)N1CCN(c2ccc(-c3cnc4c(-c5ccnc6cc(O)ccc56)cnn4c3)cc2)CC1. The zero-order chi connectivity index (χ0) is 29.1. The number of nitrogens with zero attached hydrogens (tertiary/aromatic N) is 6. The Morgan fingerprint density at radius 3 is 2.32 bits per heavy atom. The number of fused-ring (bicyclic) bond motifs is 2. The van der Waals surface area contributed by atoms with E-state index in [2.05, 4.69) is 39.2 Å². The number of benzene rings is 2. The van der Waals surface area contributed by atoms with Crippen molar-refractivity contribution in [3.8, 4) is 28.0 Å². The van der Waals surface area contributed by atoms with Crippen LogP contribution < -0.4 is 4.90 Å². The van der Waals surface area contributed by atoms with Crippen LogP contribution in [-0.2, 0) is 4.74 Å². The van der Waals surface area contributed by atoms with E-state index in [0.29, 0.717) is 13.1 Å².